The molecule has 150 valence electrons. The molecule has 0 saturated carbocycles. The second kappa shape index (κ2) is 9.61. The normalized spacial score (nSPS) is 15.4. The largest absolute Gasteiger partial charge is 0.383 e. The van der Waals surface area contributed by atoms with Crippen molar-refractivity contribution in [2.75, 3.05) is 39.9 Å². The highest BCUT2D eigenvalue weighted by Gasteiger charge is 2.22. The molecular formula is C21H28N4O3. The van der Waals surface area contributed by atoms with Crippen LogP contribution in [0.2, 0.25) is 0 Å². The van der Waals surface area contributed by atoms with Crippen LogP contribution in [0, 0.1) is 6.92 Å². The van der Waals surface area contributed by atoms with Gasteiger partial charge in [0.05, 0.1) is 13.2 Å². The van der Waals surface area contributed by atoms with Gasteiger partial charge in [-0.25, -0.2) is 4.68 Å². The molecule has 1 saturated heterocycles. The molecule has 3 rings (SSSR count). The summed E-state index contributed by atoms with van der Waals surface area (Å²) in [4.78, 5) is 29.0. The molecule has 0 radical (unpaired) electrons. The number of nitrogens with zero attached hydrogens (tertiary/aromatic N) is 4. The Morgan fingerprint density at radius 3 is 2.61 bits per heavy atom. The van der Waals surface area contributed by atoms with E-state index in [-0.39, 0.29) is 11.5 Å². The first-order chi connectivity index (χ1) is 13.6. The zero-order valence-corrected chi connectivity index (χ0v) is 16.6. The standard InChI is InChI=1S/C21H28N4O3/c1-17-4-6-18(7-5-17)16-23-10-3-11-24(13-12-23)21(27)19-8-9-20(26)25(22-19)14-15-28-2/h4-9H,3,10-16H2,1-2H3. The molecule has 1 aromatic heterocycles. The summed E-state index contributed by atoms with van der Waals surface area (Å²) >= 11 is 0. The molecule has 0 aliphatic carbocycles. The molecule has 0 unspecified atom stereocenters. The van der Waals surface area contributed by atoms with E-state index in [0.717, 1.165) is 26.1 Å². The molecule has 1 aliphatic rings. The number of ether oxygens (including phenoxy) is 1. The lowest BCUT2D eigenvalue weighted by atomic mass is 10.1. The van der Waals surface area contributed by atoms with Gasteiger partial charge in [-0.1, -0.05) is 29.8 Å². The van der Waals surface area contributed by atoms with Crippen molar-refractivity contribution in [1.29, 1.82) is 0 Å². The number of aromatic nitrogens is 2. The molecule has 28 heavy (non-hydrogen) atoms. The molecule has 7 heteroatoms. The van der Waals surface area contributed by atoms with Crippen LogP contribution < -0.4 is 5.56 Å². The van der Waals surface area contributed by atoms with Crippen LogP contribution in [0.5, 0.6) is 0 Å². The summed E-state index contributed by atoms with van der Waals surface area (Å²) in [6.45, 7) is 6.82. The number of hydrogen-bond donors (Lipinski definition) is 0. The van der Waals surface area contributed by atoms with Gasteiger partial charge in [0.15, 0.2) is 0 Å². The lowest BCUT2D eigenvalue weighted by molar-refractivity contribution is 0.0751. The summed E-state index contributed by atoms with van der Waals surface area (Å²) in [5, 5.41) is 4.23. The maximum absolute atomic E-state index is 12.9. The molecule has 1 aliphatic heterocycles. The maximum Gasteiger partial charge on any atom is 0.274 e. The number of hydrogen-bond acceptors (Lipinski definition) is 5. The van der Waals surface area contributed by atoms with E-state index < -0.39 is 0 Å². The quantitative estimate of drug-likeness (QED) is 0.756. The van der Waals surface area contributed by atoms with E-state index in [1.165, 1.54) is 27.9 Å². The van der Waals surface area contributed by atoms with Crippen molar-refractivity contribution in [1.82, 2.24) is 19.6 Å². The Labute approximate surface area is 165 Å². The second-order valence-electron chi connectivity index (χ2n) is 7.18. The third-order valence-corrected chi connectivity index (χ3v) is 5.00. The molecular weight excluding hydrogens is 356 g/mol. The zero-order valence-electron chi connectivity index (χ0n) is 16.6. The van der Waals surface area contributed by atoms with Gasteiger partial charge >= 0.3 is 0 Å². The van der Waals surface area contributed by atoms with Crippen molar-refractivity contribution in [3.05, 3.63) is 63.6 Å². The minimum atomic E-state index is -0.228. The van der Waals surface area contributed by atoms with Gasteiger partial charge in [-0.05, 0) is 25.0 Å². The number of rotatable bonds is 6. The Morgan fingerprint density at radius 1 is 1.07 bits per heavy atom. The highest BCUT2D eigenvalue weighted by atomic mass is 16.5. The molecule has 0 atom stereocenters. The third kappa shape index (κ3) is 5.27. The average Bonchev–Trinajstić information content (AvgIpc) is 2.94. The number of methoxy groups -OCH3 is 1. The smallest absolute Gasteiger partial charge is 0.274 e. The molecule has 1 aromatic carbocycles. The van der Waals surface area contributed by atoms with E-state index in [1.807, 2.05) is 4.90 Å². The molecule has 0 bridgehead atoms. The van der Waals surface area contributed by atoms with Gasteiger partial charge < -0.3 is 9.64 Å². The van der Waals surface area contributed by atoms with Crippen molar-refractivity contribution >= 4 is 5.91 Å². The van der Waals surface area contributed by atoms with Crippen molar-refractivity contribution in [2.24, 2.45) is 0 Å². The number of amides is 1. The minimum absolute atomic E-state index is 0.122. The lowest BCUT2D eigenvalue weighted by Crippen LogP contribution is -2.37. The number of carbonyl (C=O) groups excluding carboxylic acids is 1. The second-order valence-corrected chi connectivity index (χ2v) is 7.18. The first-order valence-corrected chi connectivity index (χ1v) is 9.71. The van der Waals surface area contributed by atoms with E-state index in [0.29, 0.717) is 31.9 Å². The summed E-state index contributed by atoms with van der Waals surface area (Å²) in [6, 6.07) is 11.5. The van der Waals surface area contributed by atoms with Crippen LogP contribution in [0.4, 0.5) is 0 Å². The van der Waals surface area contributed by atoms with Gasteiger partial charge in [-0.15, -0.1) is 0 Å². The van der Waals surface area contributed by atoms with Crippen molar-refractivity contribution < 1.29 is 9.53 Å². The number of carbonyl (C=O) groups is 1. The fourth-order valence-corrected chi connectivity index (χ4v) is 3.35. The Hall–Kier alpha value is -2.51. The highest BCUT2D eigenvalue weighted by Crippen LogP contribution is 2.11. The predicted octanol–water partition coefficient (Wildman–Crippen LogP) is 1.55. The summed E-state index contributed by atoms with van der Waals surface area (Å²) in [5.74, 6) is -0.122. The van der Waals surface area contributed by atoms with Crippen molar-refractivity contribution in [3.8, 4) is 0 Å². The zero-order chi connectivity index (χ0) is 19.9. The van der Waals surface area contributed by atoms with Gasteiger partial charge in [-0.2, -0.15) is 5.10 Å². The van der Waals surface area contributed by atoms with Crippen LogP contribution in [0.3, 0.4) is 0 Å². The summed E-state index contributed by atoms with van der Waals surface area (Å²) in [6.07, 6.45) is 0.918. The fraction of sp³-hybridized carbons (Fsp3) is 0.476. The SMILES string of the molecule is COCCn1nc(C(=O)N2CCCN(Cc3ccc(C)cc3)CC2)ccc1=O. The number of aryl methyl sites for hydroxylation is 1. The van der Waals surface area contributed by atoms with E-state index in [4.69, 9.17) is 4.74 Å². The molecule has 1 fully saturated rings. The molecule has 0 spiro atoms. The Bertz CT molecular complexity index is 847. The Balaban J connectivity index is 1.62. The van der Waals surface area contributed by atoms with Crippen LogP contribution in [0.1, 0.15) is 28.0 Å². The number of benzene rings is 1. The summed E-state index contributed by atoms with van der Waals surface area (Å²) in [7, 11) is 1.57. The maximum atomic E-state index is 12.9. The Morgan fingerprint density at radius 2 is 1.86 bits per heavy atom. The minimum Gasteiger partial charge on any atom is -0.383 e. The molecule has 2 heterocycles. The monoisotopic (exact) mass is 384 g/mol. The van der Waals surface area contributed by atoms with Crippen LogP contribution in [-0.4, -0.2) is 65.4 Å². The summed E-state index contributed by atoms with van der Waals surface area (Å²) < 4.78 is 6.29. The molecule has 7 nitrogen and oxygen atoms in total. The van der Waals surface area contributed by atoms with Crippen molar-refractivity contribution in [2.45, 2.75) is 26.4 Å². The van der Waals surface area contributed by atoms with E-state index in [9.17, 15) is 9.59 Å². The third-order valence-electron chi connectivity index (χ3n) is 5.00. The Kier molecular flexibility index (Phi) is 6.95. The predicted molar refractivity (Wildman–Crippen MR) is 107 cm³/mol. The van der Waals surface area contributed by atoms with Gasteiger partial charge in [0.25, 0.3) is 11.5 Å². The molecule has 1 amide bonds. The van der Waals surface area contributed by atoms with Gasteiger partial charge in [0.2, 0.25) is 0 Å². The van der Waals surface area contributed by atoms with Crippen LogP contribution in [0.25, 0.3) is 0 Å². The first kappa shape index (κ1) is 20.2. The lowest BCUT2D eigenvalue weighted by Gasteiger charge is -2.22. The molecule has 2 aromatic rings. The topological polar surface area (TPSA) is 67.7 Å². The highest BCUT2D eigenvalue weighted by molar-refractivity contribution is 5.92. The van der Waals surface area contributed by atoms with Crippen LogP contribution in [0.15, 0.2) is 41.2 Å². The van der Waals surface area contributed by atoms with Crippen LogP contribution in [-0.2, 0) is 17.8 Å². The van der Waals surface area contributed by atoms with E-state index >= 15 is 0 Å². The van der Waals surface area contributed by atoms with Gasteiger partial charge in [-0.3, -0.25) is 14.5 Å². The van der Waals surface area contributed by atoms with Gasteiger partial charge in [0, 0.05) is 45.9 Å². The fourth-order valence-electron chi connectivity index (χ4n) is 3.35. The summed E-state index contributed by atoms with van der Waals surface area (Å²) in [5.41, 5.74) is 2.63. The average molecular weight is 384 g/mol. The van der Waals surface area contributed by atoms with E-state index in [2.05, 4.69) is 41.2 Å². The van der Waals surface area contributed by atoms with Crippen molar-refractivity contribution in [3.63, 3.8) is 0 Å². The molecule has 0 N–H and O–H groups in total. The van der Waals surface area contributed by atoms with Gasteiger partial charge in [0.1, 0.15) is 5.69 Å². The first-order valence-electron chi connectivity index (χ1n) is 9.71. The van der Waals surface area contributed by atoms with E-state index in [1.54, 1.807) is 7.11 Å². The van der Waals surface area contributed by atoms with Crippen LogP contribution >= 0.6 is 0 Å².